The molecule has 252 valence electrons. The van der Waals surface area contributed by atoms with Crippen molar-refractivity contribution in [2.75, 3.05) is 44.3 Å². The number of anilines is 2. The lowest BCUT2D eigenvalue weighted by Gasteiger charge is -2.38. The molecule has 1 aromatic carbocycles. The second kappa shape index (κ2) is 15.3. The van der Waals surface area contributed by atoms with Gasteiger partial charge < -0.3 is 41.2 Å². The van der Waals surface area contributed by atoms with E-state index in [0.717, 1.165) is 37.7 Å². The third-order valence-corrected chi connectivity index (χ3v) is 8.76. The fraction of sp³-hybridized carbons (Fsp3) is 0.516. The smallest absolute Gasteiger partial charge is 0.344 e. The van der Waals surface area contributed by atoms with Crippen LogP contribution in [0, 0.1) is 0 Å². The molecule has 0 unspecified atom stereocenters. The van der Waals surface area contributed by atoms with E-state index in [1.165, 1.54) is 0 Å². The van der Waals surface area contributed by atoms with Gasteiger partial charge >= 0.3 is 17.8 Å². The Morgan fingerprint density at radius 3 is 2.43 bits per heavy atom. The number of likely N-dealkylation sites (tertiary alicyclic amines) is 1. The monoisotopic (exact) mass is 670 g/mol. The Hall–Kier alpha value is -4.66. The number of nitrogens with zero attached hydrogens (tertiary/aromatic N) is 4. The quantitative estimate of drug-likeness (QED) is 0.266. The highest BCUT2D eigenvalue weighted by atomic mass is 35.5. The molecule has 6 N–H and O–H groups in total. The van der Waals surface area contributed by atoms with E-state index in [1.807, 2.05) is 17.0 Å². The van der Waals surface area contributed by atoms with Gasteiger partial charge in [-0.3, -0.25) is 9.59 Å². The number of hydrogen-bond donors (Lipinski definition) is 4. The molecule has 0 bridgehead atoms. The van der Waals surface area contributed by atoms with E-state index in [9.17, 15) is 19.2 Å². The highest BCUT2D eigenvalue weighted by Gasteiger charge is 2.40. The van der Waals surface area contributed by atoms with E-state index < -0.39 is 24.5 Å². The first-order chi connectivity index (χ1) is 22.6. The van der Waals surface area contributed by atoms with Crippen LogP contribution in [0.15, 0.2) is 29.3 Å². The fourth-order valence-electron chi connectivity index (χ4n) is 5.79. The van der Waals surface area contributed by atoms with E-state index in [2.05, 4.69) is 25.6 Å². The second-order valence-corrected chi connectivity index (χ2v) is 12.2. The number of carbonyl (C=O) groups is 4. The van der Waals surface area contributed by atoms with Crippen LogP contribution in [0.25, 0.3) is 0 Å². The zero-order chi connectivity index (χ0) is 33.4. The summed E-state index contributed by atoms with van der Waals surface area (Å²) in [5, 5.41) is 6.27. The molecule has 2 amide bonds. The number of aryl methyl sites for hydroxylation is 1. The van der Waals surface area contributed by atoms with Gasteiger partial charge in [-0.1, -0.05) is 30.2 Å². The first-order valence-corrected chi connectivity index (χ1v) is 16.1. The lowest BCUT2D eigenvalue weighted by Crippen LogP contribution is -2.53. The van der Waals surface area contributed by atoms with E-state index in [1.54, 1.807) is 12.1 Å². The molecule has 2 aliphatic heterocycles. The predicted octanol–water partition coefficient (Wildman–Crippen LogP) is 1.78. The molecular formula is C31H39ClN8O7. The minimum absolute atomic E-state index is 0.0502. The lowest BCUT2D eigenvalue weighted by atomic mass is 9.88. The molecule has 1 saturated carbocycles. The van der Waals surface area contributed by atoms with Gasteiger partial charge in [0.25, 0.3) is 0 Å². The third-order valence-electron chi connectivity index (χ3n) is 8.48. The molecule has 15 nitrogen and oxygen atoms in total. The van der Waals surface area contributed by atoms with Crippen LogP contribution >= 0.6 is 11.6 Å². The number of nitrogens with two attached hydrogens (primary N) is 2. The van der Waals surface area contributed by atoms with Gasteiger partial charge in [0.1, 0.15) is 11.9 Å². The number of amides is 2. The molecule has 0 radical (unpaired) electrons. The molecule has 0 atom stereocenters. The number of aliphatic imine (C=N–C) groups is 1. The summed E-state index contributed by atoms with van der Waals surface area (Å²) in [6, 6.07) is 7.13. The number of piperidine rings is 1. The van der Waals surface area contributed by atoms with Gasteiger partial charge in [-0.15, -0.1) is 0 Å². The summed E-state index contributed by atoms with van der Waals surface area (Å²) >= 11 is 5.88. The molecule has 3 heterocycles. The summed E-state index contributed by atoms with van der Waals surface area (Å²) in [6.07, 6.45) is 7.07. The summed E-state index contributed by atoms with van der Waals surface area (Å²) in [6.45, 7) is 0.897. The summed E-state index contributed by atoms with van der Waals surface area (Å²) in [5.74, 6) is -1.33. The van der Waals surface area contributed by atoms with Gasteiger partial charge in [-0.2, -0.15) is 4.99 Å². The van der Waals surface area contributed by atoms with E-state index >= 15 is 0 Å². The van der Waals surface area contributed by atoms with Gasteiger partial charge in [0.05, 0.1) is 5.54 Å². The Kier molecular flexibility index (Phi) is 11.0. The van der Waals surface area contributed by atoms with Crippen LogP contribution in [0.2, 0.25) is 5.15 Å². The van der Waals surface area contributed by atoms with Gasteiger partial charge in [0.2, 0.25) is 5.91 Å². The highest BCUT2D eigenvalue weighted by Crippen LogP contribution is 2.26. The number of carbonyl (C=O) groups excluding carboxylic acids is 4. The Labute approximate surface area is 276 Å². The zero-order valence-corrected chi connectivity index (χ0v) is 26.7. The molecule has 5 rings (SSSR count). The Bertz CT molecular complexity index is 1510. The minimum atomic E-state index is -0.706. The average Bonchev–Trinajstić information content (AvgIpc) is 3.45. The largest absolute Gasteiger partial charge is 0.482 e. The van der Waals surface area contributed by atoms with Crippen molar-refractivity contribution in [1.82, 2.24) is 25.5 Å². The number of esters is 2. The molecule has 1 spiro atoms. The van der Waals surface area contributed by atoms with Crippen LogP contribution in [0.5, 0.6) is 5.75 Å². The Morgan fingerprint density at radius 1 is 0.979 bits per heavy atom. The maximum absolute atomic E-state index is 13.0. The predicted molar refractivity (Wildman–Crippen MR) is 171 cm³/mol. The molecule has 1 aromatic heterocycles. The van der Waals surface area contributed by atoms with Gasteiger partial charge in [0.15, 0.2) is 41.7 Å². The SMILES string of the molecule is Nc1nc(N)c(C(=O)N=C2NCC3(CCN(C(=O)CCc4ccc(OCC(=O)OCC(=O)OC5CCCCC5)cc4)CC3)N2)nc1Cl. The molecule has 3 aliphatic rings. The summed E-state index contributed by atoms with van der Waals surface area (Å²) < 4.78 is 15.8. The first-order valence-electron chi connectivity index (χ1n) is 15.7. The highest BCUT2D eigenvalue weighted by molar-refractivity contribution is 6.31. The van der Waals surface area contributed by atoms with E-state index in [-0.39, 0.29) is 46.6 Å². The first kappa shape index (κ1) is 33.7. The number of nitrogens with one attached hydrogen (secondary N) is 2. The molecule has 2 saturated heterocycles. The number of rotatable bonds is 10. The summed E-state index contributed by atoms with van der Waals surface area (Å²) in [4.78, 5) is 63.1. The number of hydrogen-bond acceptors (Lipinski definition) is 11. The zero-order valence-electron chi connectivity index (χ0n) is 26.0. The van der Waals surface area contributed by atoms with Crippen molar-refractivity contribution in [3.05, 3.63) is 40.7 Å². The molecule has 47 heavy (non-hydrogen) atoms. The van der Waals surface area contributed by atoms with Gasteiger partial charge in [-0.05, 0) is 62.6 Å². The summed E-state index contributed by atoms with van der Waals surface area (Å²) in [5.41, 5.74) is 11.8. The van der Waals surface area contributed by atoms with Crippen LogP contribution in [-0.2, 0) is 30.3 Å². The molecule has 3 fully saturated rings. The van der Waals surface area contributed by atoms with Crippen LogP contribution < -0.4 is 26.8 Å². The van der Waals surface area contributed by atoms with Crippen molar-refractivity contribution < 1.29 is 33.4 Å². The van der Waals surface area contributed by atoms with Crippen LogP contribution in [0.3, 0.4) is 0 Å². The number of benzene rings is 1. The fourth-order valence-corrected chi connectivity index (χ4v) is 5.91. The van der Waals surface area contributed by atoms with Crippen molar-refractivity contribution in [3.63, 3.8) is 0 Å². The molecule has 16 heteroatoms. The molecular weight excluding hydrogens is 632 g/mol. The lowest BCUT2D eigenvalue weighted by molar-refractivity contribution is -0.164. The normalized spacial score (nSPS) is 18.3. The average molecular weight is 671 g/mol. The molecule has 1 aliphatic carbocycles. The van der Waals surface area contributed by atoms with Crippen molar-refractivity contribution in [3.8, 4) is 5.75 Å². The topological polar surface area (TPSA) is 213 Å². The van der Waals surface area contributed by atoms with Gasteiger partial charge in [-0.25, -0.2) is 19.6 Å². The maximum Gasteiger partial charge on any atom is 0.344 e. The van der Waals surface area contributed by atoms with Crippen LogP contribution in [0.4, 0.5) is 11.6 Å². The maximum atomic E-state index is 13.0. The minimum Gasteiger partial charge on any atom is -0.482 e. The number of nitrogen functional groups attached to an aromatic ring is 2. The summed E-state index contributed by atoms with van der Waals surface area (Å²) in [7, 11) is 0. The van der Waals surface area contributed by atoms with Crippen LogP contribution in [0.1, 0.15) is 67.4 Å². The van der Waals surface area contributed by atoms with Crippen LogP contribution in [-0.4, -0.2) is 89.1 Å². The number of guanidine groups is 1. The third kappa shape index (κ3) is 9.21. The number of halogens is 1. The van der Waals surface area contributed by atoms with Gasteiger partial charge in [0, 0.05) is 26.1 Å². The van der Waals surface area contributed by atoms with Crippen molar-refractivity contribution in [1.29, 1.82) is 0 Å². The molecule has 2 aromatic rings. The van der Waals surface area contributed by atoms with E-state index in [0.29, 0.717) is 57.0 Å². The Morgan fingerprint density at radius 2 is 1.70 bits per heavy atom. The standard InChI is InChI=1S/C31H39ClN8O7/c32-26-28(34)37-27(33)25(36-26)29(44)38-30-35-18-31(39-30)12-14-40(15-13-31)22(41)11-8-19-6-9-20(10-7-19)45-16-23(42)46-17-24(43)47-21-4-2-1-3-5-21/h6-7,9-10,21H,1-5,8,11-18H2,(H4,33,34,37)(H2,35,38,39,44). The number of aromatic nitrogens is 2. The van der Waals surface area contributed by atoms with Crippen molar-refractivity contribution in [2.45, 2.75) is 69.4 Å². The van der Waals surface area contributed by atoms with Crippen molar-refractivity contribution in [2.24, 2.45) is 4.99 Å². The van der Waals surface area contributed by atoms with Crippen molar-refractivity contribution >= 4 is 52.9 Å². The van der Waals surface area contributed by atoms with E-state index in [4.69, 9.17) is 37.3 Å². The number of ether oxygens (including phenoxy) is 3. The second-order valence-electron chi connectivity index (χ2n) is 11.9. The Balaban J connectivity index is 0.993.